The summed E-state index contributed by atoms with van der Waals surface area (Å²) in [5.74, 6) is 0. The number of rotatable bonds is 2. The normalized spacial score (nSPS) is 17.5. The zero-order valence-corrected chi connectivity index (χ0v) is 14.5. The number of hydrogen-bond acceptors (Lipinski definition) is 4. The van der Waals surface area contributed by atoms with Crippen LogP contribution in [0.4, 0.5) is 0 Å². The zero-order chi connectivity index (χ0) is 15.3. The molecular formula is C16H15NO2S3. The maximum absolute atomic E-state index is 12.7. The van der Waals surface area contributed by atoms with Crippen LogP contribution in [0.2, 0.25) is 0 Å². The number of benzene rings is 1. The van der Waals surface area contributed by atoms with Crippen LogP contribution < -0.4 is 0 Å². The van der Waals surface area contributed by atoms with Gasteiger partial charge in [0, 0.05) is 26.4 Å². The fourth-order valence-corrected chi connectivity index (χ4v) is 6.48. The summed E-state index contributed by atoms with van der Waals surface area (Å²) in [4.78, 5) is 2.43. The minimum absolute atomic E-state index is 0.333. The maximum atomic E-state index is 12.7. The van der Waals surface area contributed by atoms with E-state index in [1.807, 2.05) is 19.1 Å². The van der Waals surface area contributed by atoms with Crippen molar-refractivity contribution in [3.8, 4) is 0 Å². The van der Waals surface area contributed by atoms with E-state index in [2.05, 4.69) is 0 Å². The third-order valence-corrected chi connectivity index (χ3v) is 8.28. The lowest BCUT2D eigenvalue weighted by atomic mass is 9.94. The molecule has 2 heterocycles. The number of nitrogens with zero attached hydrogens (tertiary/aromatic N) is 1. The van der Waals surface area contributed by atoms with Crippen molar-refractivity contribution in [1.29, 1.82) is 0 Å². The van der Waals surface area contributed by atoms with Crippen molar-refractivity contribution in [3.63, 3.8) is 0 Å². The highest BCUT2D eigenvalue weighted by atomic mass is 32.2. The van der Waals surface area contributed by atoms with Gasteiger partial charge < -0.3 is 0 Å². The van der Waals surface area contributed by atoms with E-state index in [9.17, 15) is 8.42 Å². The lowest BCUT2D eigenvalue weighted by Crippen LogP contribution is -2.10. The monoisotopic (exact) mass is 349 g/mol. The highest BCUT2D eigenvalue weighted by Gasteiger charge is 2.27. The van der Waals surface area contributed by atoms with Crippen molar-refractivity contribution in [3.05, 3.63) is 52.0 Å². The number of thioether (sulfide) groups is 2. The lowest BCUT2D eigenvalue weighted by Gasteiger charge is -2.18. The van der Waals surface area contributed by atoms with Gasteiger partial charge in [-0.2, -0.15) is 0 Å². The summed E-state index contributed by atoms with van der Waals surface area (Å²) >= 11 is 3.42. The molecular weight excluding hydrogens is 334 g/mol. The first kappa shape index (κ1) is 14.5. The van der Waals surface area contributed by atoms with Crippen LogP contribution in [0.1, 0.15) is 24.8 Å². The predicted molar refractivity (Wildman–Crippen MR) is 90.8 cm³/mol. The van der Waals surface area contributed by atoms with Crippen LogP contribution in [0.25, 0.3) is 0 Å². The average Bonchev–Trinajstić information content (AvgIpc) is 2.96. The van der Waals surface area contributed by atoms with Gasteiger partial charge in [0.15, 0.2) is 0 Å². The molecule has 2 aromatic rings. The molecule has 0 atom stereocenters. The molecule has 2 aliphatic rings. The van der Waals surface area contributed by atoms with Gasteiger partial charge in [-0.25, -0.2) is 12.4 Å². The summed E-state index contributed by atoms with van der Waals surface area (Å²) in [5, 5.41) is 0. The smallest absolute Gasteiger partial charge is 0.247 e. The fourth-order valence-electron chi connectivity index (χ4n) is 2.44. The molecule has 0 bridgehead atoms. The standard InChI is InChI=1S/C16H15NO2S3/c1-11-5-7-13(8-6-11)22(18,19)17-9-14-15(10-17)21-16(20-14)12-3-2-4-12/h5-10H,2-4H2,1H3. The molecule has 1 saturated carbocycles. The van der Waals surface area contributed by atoms with Crippen molar-refractivity contribution in [2.24, 2.45) is 0 Å². The van der Waals surface area contributed by atoms with Gasteiger partial charge in [-0.05, 0) is 43.9 Å². The van der Waals surface area contributed by atoms with E-state index in [-0.39, 0.29) is 0 Å². The van der Waals surface area contributed by atoms with Crippen LogP contribution in [0.5, 0.6) is 0 Å². The van der Waals surface area contributed by atoms with E-state index < -0.39 is 10.0 Å². The Bertz CT molecular complexity index is 845. The van der Waals surface area contributed by atoms with Gasteiger partial charge in [0.05, 0.1) is 4.90 Å². The molecule has 1 fully saturated rings. The van der Waals surface area contributed by atoms with E-state index in [4.69, 9.17) is 0 Å². The van der Waals surface area contributed by atoms with Crippen LogP contribution in [-0.2, 0) is 10.0 Å². The molecule has 0 N–H and O–H groups in total. The Morgan fingerprint density at radius 3 is 2.09 bits per heavy atom. The summed E-state index contributed by atoms with van der Waals surface area (Å²) in [5.41, 5.74) is 2.58. The molecule has 114 valence electrons. The second kappa shape index (κ2) is 5.22. The number of aryl methyl sites for hydroxylation is 1. The lowest BCUT2D eigenvalue weighted by molar-refractivity contribution is 0.587. The number of fused-ring (bicyclic) bond motifs is 1. The van der Waals surface area contributed by atoms with E-state index in [1.54, 1.807) is 48.1 Å². The van der Waals surface area contributed by atoms with E-state index in [0.717, 1.165) is 15.4 Å². The Morgan fingerprint density at radius 2 is 1.59 bits per heavy atom. The molecule has 22 heavy (non-hydrogen) atoms. The molecule has 0 amide bonds. The number of hydrogen-bond donors (Lipinski definition) is 0. The molecule has 0 spiro atoms. The molecule has 3 nitrogen and oxygen atoms in total. The molecule has 1 aromatic carbocycles. The summed E-state index contributed by atoms with van der Waals surface area (Å²) < 4.78 is 28.0. The van der Waals surface area contributed by atoms with Crippen molar-refractivity contribution in [1.82, 2.24) is 3.97 Å². The third kappa shape index (κ3) is 2.33. The Morgan fingerprint density at radius 1 is 1.00 bits per heavy atom. The Hall–Kier alpha value is -1.11. The predicted octanol–water partition coefficient (Wildman–Crippen LogP) is 4.63. The molecule has 1 aromatic heterocycles. The van der Waals surface area contributed by atoms with Gasteiger partial charge in [0.25, 0.3) is 10.0 Å². The molecule has 1 aliphatic carbocycles. The Labute approximate surface area is 138 Å². The quantitative estimate of drug-likeness (QED) is 0.792. The van der Waals surface area contributed by atoms with Gasteiger partial charge in [0.1, 0.15) is 0 Å². The summed E-state index contributed by atoms with van der Waals surface area (Å²) in [7, 11) is -3.49. The first-order valence-corrected chi connectivity index (χ1v) is 10.2. The Kier molecular flexibility index (Phi) is 3.43. The molecule has 0 saturated heterocycles. The average molecular weight is 350 g/mol. The second-order valence-electron chi connectivity index (χ2n) is 5.58. The molecule has 4 rings (SSSR count). The fraction of sp³-hybridized carbons (Fsp3) is 0.250. The summed E-state index contributed by atoms with van der Waals surface area (Å²) in [6.07, 6.45) is 7.16. The molecule has 0 unspecified atom stereocenters. The van der Waals surface area contributed by atoms with Gasteiger partial charge in [-0.3, -0.25) is 0 Å². The van der Waals surface area contributed by atoms with Crippen LogP contribution >= 0.6 is 23.5 Å². The van der Waals surface area contributed by atoms with Crippen molar-refractivity contribution >= 4 is 33.5 Å². The molecule has 6 heteroatoms. The minimum atomic E-state index is -3.49. The highest BCUT2D eigenvalue weighted by Crippen LogP contribution is 2.55. The van der Waals surface area contributed by atoms with Crippen molar-refractivity contribution in [2.45, 2.75) is 40.9 Å². The first-order valence-electron chi connectivity index (χ1n) is 7.16. The van der Waals surface area contributed by atoms with Crippen LogP contribution in [0.3, 0.4) is 0 Å². The van der Waals surface area contributed by atoms with Gasteiger partial charge in [-0.1, -0.05) is 41.2 Å². The van der Waals surface area contributed by atoms with Gasteiger partial charge in [0.2, 0.25) is 0 Å². The summed E-state index contributed by atoms with van der Waals surface area (Å²) in [6, 6.07) is 6.98. The topological polar surface area (TPSA) is 39.1 Å². The SMILES string of the molecule is Cc1ccc(S(=O)(=O)n2cc3c(c2)SC(=C2CCC2)S3)cc1. The Balaban J connectivity index is 1.67. The number of allylic oxidation sites excluding steroid dienone is 1. The van der Waals surface area contributed by atoms with Crippen LogP contribution in [0.15, 0.2) is 61.2 Å². The number of aromatic nitrogens is 1. The van der Waals surface area contributed by atoms with Crippen molar-refractivity contribution < 1.29 is 8.42 Å². The first-order chi connectivity index (χ1) is 10.5. The maximum Gasteiger partial charge on any atom is 0.267 e. The van der Waals surface area contributed by atoms with Gasteiger partial charge in [-0.15, -0.1) is 0 Å². The largest absolute Gasteiger partial charge is 0.267 e. The van der Waals surface area contributed by atoms with E-state index >= 15 is 0 Å². The molecule has 0 radical (unpaired) electrons. The minimum Gasteiger partial charge on any atom is -0.247 e. The van der Waals surface area contributed by atoms with Crippen LogP contribution in [0, 0.1) is 6.92 Å². The molecule has 1 aliphatic heterocycles. The third-order valence-electron chi connectivity index (χ3n) is 3.98. The second-order valence-corrected chi connectivity index (χ2v) is 9.79. The van der Waals surface area contributed by atoms with E-state index in [1.165, 1.54) is 33.0 Å². The van der Waals surface area contributed by atoms with Crippen molar-refractivity contribution in [2.75, 3.05) is 0 Å². The van der Waals surface area contributed by atoms with Gasteiger partial charge >= 0.3 is 0 Å². The summed E-state index contributed by atoms with van der Waals surface area (Å²) in [6.45, 7) is 1.95. The zero-order valence-electron chi connectivity index (χ0n) is 12.1. The van der Waals surface area contributed by atoms with E-state index in [0.29, 0.717) is 4.90 Å². The van der Waals surface area contributed by atoms with Crippen LogP contribution in [-0.4, -0.2) is 12.4 Å². The highest BCUT2D eigenvalue weighted by molar-refractivity contribution is 8.24.